The summed E-state index contributed by atoms with van der Waals surface area (Å²) >= 11 is 3.47. The van der Waals surface area contributed by atoms with Crippen LogP contribution >= 0.6 is 15.9 Å². The van der Waals surface area contributed by atoms with E-state index in [9.17, 15) is 4.79 Å². The molecule has 0 radical (unpaired) electrons. The van der Waals surface area contributed by atoms with Crippen molar-refractivity contribution in [2.45, 2.75) is 45.1 Å². The fourth-order valence-electron chi connectivity index (χ4n) is 3.41. The molecule has 4 nitrogen and oxygen atoms in total. The van der Waals surface area contributed by atoms with Gasteiger partial charge in [0.2, 0.25) is 11.8 Å². The number of nitrogens with zero attached hydrogens (tertiary/aromatic N) is 2. The lowest BCUT2D eigenvalue weighted by Crippen LogP contribution is -2.27. The van der Waals surface area contributed by atoms with Crippen LogP contribution in [0.5, 0.6) is 5.88 Å². The van der Waals surface area contributed by atoms with Gasteiger partial charge in [-0.2, -0.15) is 0 Å². The van der Waals surface area contributed by atoms with E-state index < -0.39 is 0 Å². The fraction of sp³-hybridized carbons (Fsp3) is 0.391. The highest BCUT2D eigenvalue weighted by atomic mass is 79.9. The molecule has 148 valence electrons. The number of benzene rings is 1. The zero-order valence-electron chi connectivity index (χ0n) is 17.1. The Labute approximate surface area is 175 Å². The topological polar surface area (TPSA) is 42.4 Å². The van der Waals surface area contributed by atoms with Gasteiger partial charge in [0.15, 0.2) is 0 Å². The van der Waals surface area contributed by atoms with Gasteiger partial charge in [0.05, 0.1) is 23.3 Å². The highest BCUT2D eigenvalue weighted by Crippen LogP contribution is 2.32. The Balaban J connectivity index is 2.08. The van der Waals surface area contributed by atoms with E-state index in [2.05, 4.69) is 72.0 Å². The van der Waals surface area contributed by atoms with Crippen molar-refractivity contribution in [3.8, 4) is 5.88 Å². The molecule has 1 saturated heterocycles. The van der Waals surface area contributed by atoms with Gasteiger partial charge in [-0.1, -0.05) is 51.1 Å². The van der Waals surface area contributed by atoms with Gasteiger partial charge in [-0.15, -0.1) is 0 Å². The predicted octanol–water partition coefficient (Wildman–Crippen LogP) is 5.20. The molecule has 1 atom stereocenters. The van der Waals surface area contributed by atoms with E-state index in [0.717, 1.165) is 27.7 Å². The van der Waals surface area contributed by atoms with Gasteiger partial charge in [0, 0.05) is 19.0 Å². The van der Waals surface area contributed by atoms with Crippen molar-refractivity contribution in [3.05, 3.63) is 63.8 Å². The number of carbonyl (C=O) groups excluding carboxylic acids is 1. The molecule has 0 aliphatic carbocycles. The molecule has 1 fully saturated rings. The maximum Gasteiger partial charge on any atom is 0.228 e. The molecule has 2 heterocycles. The smallest absolute Gasteiger partial charge is 0.228 e. The molecule has 1 aromatic carbocycles. The van der Waals surface area contributed by atoms with Crippen molar-refractivity contribution >= 4 is 27.4 Å². The van der Waals surface area contributed by atoms with E-state index in [0.29, 0.717) is 12.3 Å². The molecule has 1 aromatic heterocycles. The number of hydrogen-bond acceptors (Lipinski definition) is 3. The summed E-state index contributed by atoms with van der Waals surface area (Å²) in [5.74, 6) is 0.732. The number of likely N-dealkylation sites (N-methyl/N-ethyl adjacent to an activating group) is 1. The molecule has 2 aromatic rings. The van der Waals surface area contributed by atoms with Crippen molar-refractivity contribution in [2.75, 3.05) is 14.2 Å². The molecular formula is C23H27BrN2O2. The monoisotopic (exact) mass is 442 g/mol. The average molecular weight is 443 g/mol. The van der Waals surface area contributed by atoms with Crippen LogP contribution in [0.2, 0.25) is 0 Å². The van der Waals surface area contributed by atoms with Crippen LogP contribution in [0, 0.1) is 0 Å². The van der Waals surface area contributed by atoms with E-state index in [1.54, 1.807) is 7.11 Å². The van der Waals surface area contributed by atoms with E-state index in [1.807, 2.05) is 24.1 Å². The summed E-state index contributed by atoms with van der Waals surface area (Å²) in [6.45, 7) is 6.62. The van der Waals surface area contributed by atoms with Crippen molar-refractivity contribution in [2.24, 2.45) is 0 Å². The molecule has 1 aliphatic heterocycles. The summed E-state index contributed by atoms with van der Waals surface area (Å²) in [7, 11) is 3.48. The molecule has 0 spiro atoms. The minimum atomic E-state index is 0.0706. The zero-order valence-corrected chi connectivity index (χ0v) is 18.7. The second kappa shape index (κ2) is 8.08. The van der Waals surface area contributed by atoms with Crippen LogP contribution in [0.25, 0.3) is 5.57 Å². The average Bonchev–Trinajstić information content (AvgIpc) is 2.98. The highest BCUT2D eigenvalue weighted by molar-refractivity contribution is 9.10. The van der Waals surface area contributed by atoms with Crippen LogP contribution in [0.3, 0.4) is 0 Å². The molecule has 0 bridgehead atoms. The molecule has 5 heteroatoms. The first kappa shape index (κ1) is 20.6. The van der Waals surface area contributed by atoms with Crippen LogP contribution < -0.4 is 4.74 Å². The maximum atomic E-state index is 12.0. The maximum absolute atomic E-state index is 12.0. The third-order valence-corrected chi connectivity index (χ3v) is 5.85. The van der Waals surface area contributed by atoms with Gasteiger partial charge < -0.3 is 9.64 Å². The summed E-state index contributed by atoms with van der Waals surface area (Å²) in [6.07, 6.45) is 3.57. The van der Waals surface area contributed by atoms with Gasteiger partial charge in [-0.3, -0.25) is 4.79 Å². The third-order valence-electron chi connectivity index (χ3n) is 5.25. The van der Waals surface area contributed by atoms with E-state index in [-0.39, 0.29) is 17.4 Å². The van der Waals surface area contributed by atoms with Gasteiger partial charge in [0.25, 0.3) is 0 Å². The van der Waals surface area contributed by atoms with Crippen LogP contribution in [0.15, 0.2) is 46.9 Å². The Morgan fingerprint density at radius 3 is 2.43 bits per heavy atom. The lowest BCUT2D eigenvalue weighted by atomic mass is 9.86. The number of ether oxygens (including phenoxy) is 1. The molecule has 3 rings (SSSR count). The number of likely N-dealkylation sites (tertiary alicyclic amines) is 1. The number of methoxy groups -OCH3 is 1. The Morgan fingerprint density at radius 2 is 1.89 bits per heavy atom. The normalized spacial score (nSPS) is 17.9. The van der Waals surface area contributed by atoms with E-state index >= 15 is 0 Å². The van der Waals surface area contributed by atoms with Gasteiger partial charge in [-0.25, -0.2) is 4.98 Å². The number of rotatable bonds is 4. The number of hydrogen-bond donors (Lipinski definition) is 0. The standard InChI is InChI=1S/C23H27BrN2O2/c1-23(2,3)16-8-6-15(7-9-16)18(14-17-10-13-21(27)26(17)4)20-12-11-19(24)22(25-20)28-5/h6-9,11-12,14,17H,10,13H2,1-5H3/b18-14+/t17-/m1/s1. The third kappa shape index (κ3) is 4.30. The quantitative estimate of drug-likeness (QED) is 0.652. The van der Waals surface area contributed by atoms with Gasteiger partial charge >= 0.3 is 0 Å². The summed E-state index contributed by atoms with van der Waals surface area (Å²) in [6, 6.07) is 12.6. The molecule has 28 heavy (non-hydrogen) atoms. The fourth-order valence-corrected chi connectivity index (χ4v) is 3.79. The Hall–Kier alpha value is -2.14. The molecule has 0 saturated carbocycles. The minimum Gasteiger partial charge on any atom is -0.480 e. The van der Waals surface area contributed by atoms with Gasteiger partial charge in [-0.05, 0) is 51.0 Å². The second-order valence-corrected chi connectivity index (χ2v) is 9.06. The minimum absolute atomic E-state index is 0.0706. The molecule has 1 amide bonds. The zero-order chi connectivity index (χ0) is 20.5. The first-order valence-electron chi connectivity index (χ1n) is 9.50. The van der Waals surface area contributed by atoms with Crippen LogP contribution in [0.1, 0.15) is 50.4 Å². The van der Waals surface area contributed by atoms with Crippen LogP contribution in [-0.4, -0.2) is 36.0 Å². The van der Waals surface area contributed by atoms with E-state index in [4.69, 9.17) is 4.74 Å². The van der Waals surface area contributed by atoms with Crippen molar-refractivity contribution in [3.63, 3.8) is 0 Å². The number of amides is 1. The van der Waals surface area contributed by atoms with Crippen LogP contribution in [0.4, 0.5) is 0 Å². The first-order valence-corrected chi connectivity index (χ1v) is 10.3. The second-order valence-electron chi connectivity index (χ2n) is 8.21. The molecule has 1 aliphatic rings. The molecular weight excluding hydrogens is 416 g/mol. The van der Waals surface area contributed by atoms with Crippen molar-refractivity contribution in [1.82, 2.24) is 9.88 Å². The summed E-state index contributed by atoms with van der Waals surface area (Å²) in [5, 5.41) is 0. The number of pyridine rings is 1. The molecule has 0 unspecified atom stereocenters. The summed E-state index contributed by atoms with van der Waals surface area (Å²) < 4.78 is 6.21. The Kier molecular flexibility index (Phi) is 5.94. The van der Waals surface area contributed by atoms with Crippen LogP contribution in [-0.2, 0) is 10.2 Å². The van der Waals surface area contributed by atoms with Crippen molar-refractivity contribution < 1.29 is 9.53 Å². The lowest BCUT2D eigenvalue weighted by Gasteiger charge is -2.21. The lowest BCUT2D eigenvalue weighted by molar-refractivity contribution is -0.127. The van der Waals surface area contributed by atoms with Gasteiger partial charge in [0.1, 0.15) is 0 Å². The first-order chi connectivity index (χ1) is 13.2. The number of halogens is 1. The number of carbonyl (C=O) groups is 1. The summed E-state index contributed by atoms with van der Waals surface area (Å²) in [4.78, 5) is 18.5. The Morgan fingerprint density at radius 1 is 1.21 bits per heavy atom. The largest absolute Gasteiger partial charge is 0.480 e. The predicted molar refractivity (Wildman–Crippen MR) is 117 cm³/mol. The van der Waals surface area contributed by atoms with E-state index in [1.165, 1.54) is 5.56 Å². The SMILES string of the molecule is COc1nc(/C(=C/[C@H]2CCC(=O)N2C)c2ccc(C(C)(C)C)cc2)ccc1Br. The van der Waals surface area contributed by atoms with Crippen molar-refractivity contribution in [1.29, 1.82) is 0 Å². The Bertz CT molecular complexity index is 898. The number of aromatic nitrogens is 1. The highest BCUT2D eigenvalue weighted by Gasteiger charge is 2.27. The molecule has 0 N–H and O–H groups in total. The summed E-state index contributed by atoms with van der Waals surface area (Å²) in [5.41, 5.74) is 4.30.